The van der Waals surface area contributed by atoms with Crippen LogP contribution in [0.1, 0.15) is 11.8 Å². The third kappa shape index (κ3) is 5.19. The summed E-state index contributed by atoms with van der Waals surface area (Å²) in [6.45, 7) is 3.17. The molecule has 2 rings (SSSR count). The van der Waals surface area contributed by atoms with E-state index in [4.69, 9.17) is 0 Å². The molecular weight excluding hydrogens is 418 g/mol. The van der Waals surface area contributed by atoms with Gasteiger partial charge in [-0.3, -0.25) is 0 Å². The van der Waals surface area contributed by atoms with Gasteiger partial charge in [0.2, 0.25) is 0 Å². The molecule has 1 heterocycles. The van der Waals surface area contributed by atoms with Crippen molar-refractivity contribution in [1.82, 2.24) is 5.32 Å². The zero-order valence-corrected chi connectivity index (χ0v) is 16.0. The van der Waals surface area contributed by atoms with Crippen molar-refractivity contribution in [3.63, 3.8) is 0 Å². The largest absolute Gasteiger partial charge is 0.313 e. The Labute approximate surface area is 145 Å². The molecule has 1 N–H and O–H groups in total. The monoisotopic (exact) mass is 433 g/mol. The highest BCUT2D eigenvalue weighted by Gasteiger charge is 2.11. The van der Waals surface area contributed by atoms with E-state index in [0.29, 0.717) is 6.04 Å². The van der Waals surface area contributed by atoms with Gasteiger partial charge < -0.3 is 5.32 Å². The predicted octanol–water partition coefficient (Wildman–Crippen LogP) is 5.59. The summed E-state index contributed by atoms with van der Waals surface area (Å²) in [7, 11) is 0. The smallest absolute Gasteiger partial charge is 0.0311 e. The van der Waals surface area contributed by atoms with E-state index in [0.717, 1.165) is 18.7 Å². The van der Waals surface area contributed by atoms with E-state index in [-0.39, 0.29) is 0 Å². The number of hydrogen-bond acceptors (Lipinski definition) is 3. The Bertz CT molecular complexity index is 542. The number of hydrogen-bond donors (Lipinski definition) is 1. The van der Waals surface area contributed by atoms with Gasteiger partial charge in [0, 0.05) is 35.9 Å². The highest BCUT2D eigenvalue weighted by molar-refractivity contribution is 9.10. The second kappa shape index (κ2) is 8.59. The summed E-state index contributed by atoms with van der Waals surface area (Å²) >= 11 is 10.9. The minimum Gasteiger partial charge on any atom is -0.313 e. The Kier molecular flexibility index (Phi) is 7.11. The van der Waals surface area contributed by atoms with E-state index in [9.17, 15) is 0 Å². The van der Waals surface area contributed by atoms with Crippen LogP contribution in [0.5, 0.6) is 0 Å². The molecule has 0 aliphatic heterocycles. The van der Waals surface area contributed by atoms with E-state index < -0.39 is 0 Å². The first-order valence-electron chi connectivity index (χ1n) is 6.52. The summed E-state index contributed by atoms with van der Waals surface area (Å²) in [6.07, 6.45) is 1.08. The van der Waals surface area contributed by atoms with Crippen molar-refractivity contribution >= 4 is 55.0 Å². The van der Waals surface area contributed by atoms with Crippen LogP contribution in [0.15, 0.2) is 49.6 Å². The summed E-state index contributed by atoms with van der Waals surface area (Å²) in [5.74, 6) is 1.08. The van der Waals surface area contributed by atoms with Gasteiger partial charge >= 0.3 is 0 Å². The fraction of sp³-hybridized carbons (Fsp3) is 0.333. The highest BCUT2D eigenvalue weighted by Crippen LogP contribution is 2.28. The second-order valence-electron chi connectivity index (χ2n) is 4.43. The Morgan fingerprint density at radius 1 is 1.30 bits per heavy atom. The molecule has 0 saturated heterocycles. The van der Waals surface area contributed by atoms with E-state index >= 15 is 0 Å². The molecule has 0 radical (unpaired) electrons. The molecule has 1 unspecified atom stereocenters. The van der Waals surface area contributed by atoms with Crippen molar-refractivity contribution in [2.75, 3.05) is 12.3 Å². The Balaban J connectivity index is 1.94. The maximum Gasteiger partial charge on any atom is 0.0311 e. The Morgan fingerprint density at radius 2 is 2.10 bits per heavy atom. The molecule has 1 atom stereocenters. The maximum atomic E-state index is 3.61. The molecule has 0 bridgehead atoms. The van der Waals surface area contributed by atoms with Gasteiger partial charge in [0.05, 0.1) is 0 Å². The van der Waals surface area contributed by atoms with Crippen molar-refractivity contribution in [3.8, 4) is 0 Å². The lowest BCUT2D eigenvalue weighted by atomic mass is 10.2. The average Bonchev–Trinajstić information content (AvgIpc) is 2.83. The molecule has 0 saturated carbocycles. The first-order chi connectivity index (χ1) is 9.69. The SMILES string of the molecule is CCNC(CSc1ccccc1Br)Cc1cc(Br)cs1. The van der Waals surface area contributed by atoms with E-state index in [1.807, 2.05) is 23.1 Å². The van der Waals surface area contributed by atoms with Gasteiger partial charge in [-0.25, -0.2) is 0 Å². The first-order valence-corrected chi connectivity index (χ1v) is 9.97. The van der Waals surface area contributed by atoms with Gasteiger partial charge in [0.25, 0.3) is 0 Å². The molecule has 108 valence electrons. The third-order valence-electron chi connectivity index (χ3n) is 2.84. The molecule has 5 heteroatoms. The first kappa shape index (κ1) is 16.6. The molecule has 0 fully saturated rings. The van der Waals surface area contributed by atoms with Crippen LogP contribution in [0.4, 0.5) is 0 Å². The summed E-state index contributed by atoms with van der Waals surface area (Å²) in [4.78, 5) is 2.73. The van der Waals surface area contributed by atoms with Crippen molar-refractivity contribution in [2.45, 2.75) is 24.3 Å². The topological polar surface area (TPSA) is 12.0 Å². The van der Waals surface area contributed by atoms with Crippen LogP contribution in [0.3, 0.4) is 0 Å². The summed E-state index contributed by atoms with van der Waals surface area (Å²) in [5, 5.41) is 5.74. The Morgan fingerprint density at radius 3 is 2.75 bits per heavy atom. The fourth-order valence-corrected chi connectivity index (χ4v) is 5.09. The van der Waals surface area contributed by atoms with Crippen molar-refractivity contribution in [2.24, 2.45) is 0 Å². The zero-order chi connectivity index (χ0) is 14.4. The number of thiophene rings is 1. The second-order valence-corrected chi connectivity index (χ2v) is 8.26. The lowest BCUT2D eigenvalue weighted by Crippen LogP contribution is -2.32. The van der Waals surface area contributed by atoms with Crippen molar-refractivity contribution in [3.05, 3.63) is 49.5 Å². The normalized spacial score (nSPS) is 12.6. The molecule has 2 aromatic rings. The van der Waals surface area contributed by atoms with E-state index in [1.54, 1.807) is 0 Å². The van der Waals surface area contributed by atoms with Gasteiger partial charge in [-0.05, 0) is 63.0 Å². The van der Waals surface area contributed by atoms with E-state index in [1.165, 1.54) is 18.7 Å². The Hall–Kier alpha value is 0.190. The van der Waals surface area contributed by atoms with Gasteiger partial charge in [-0.15, -0.1) is 23.1 Å². The predicted molar refractivity (Wildman–Crippen MR) is 98.1 cm³/mol. The molecule has 0 amide bonds. The number of nitrogens with one attached hydrogen (secondary N) is 1. The van der Waals surface area contributed by atoms with Crippen LogP contribution in [-0.2, 0) is 6.42 Å². The number of benzene rings is 1. The highest BCUT2D eigenvalue weighted by atomic mass is 79.9. The fourth-order valence-electron chi connectivity index (χ4n) is 1.93. The minimum absolute atomic E-state index is 0.502. The minimum atomic E-state index is 0.502. The van der Waals surface area contributed by atoms with Gasteiger partial charge in [-0.2, -0.15) is 0 Å². The summed E-state index contributed by atoms with van der Waals surface area (Å²) < 4.78 is 2.37. The van der Waals surface area contributed by atoms with E-state index in [2.05, 4.69) is 79.8 Å². The molecular formula is C15H17Br2NS2. The quantitative estimate of drug-likeness (QED) is 0.570. The number of thioether (sulfide) groups is 1. The molecule has 20 heavy (non-hydrogen) atoms. The molecule has 0 aliphatic rings. The third-order valence-corrected chi connectivity index (χ3v) is 6.75. The molecule has 0 spiro atoms. The van der Waals surface area contributed by atoms with Crippen LogP contribution in [0, 0.1) is 0 Å². The van der Waals surface area contributed by atoms with Gasteiger partial charge in [-0.1, -0.05) is 19.1 Å². The van der Waals surface area contributed by atoms with Crippen LogP contribution < -0.4 is 5.32 Å². The number of rotatable bonds is 7. The van der Waals surface area contributed by atoms with Crippen molar-refractivity contribution in [1.29, 1.82) is 0 Å². The van der Waals surface area contributed by atoms with Crippen molar-refractivity contribution < 1.29 is 0 Å². The van der Waals surface area contributed by atoms with Crippen LogP contribution in [0.2, 0.25) is 0 Å². The van der Waals surface area contributed by atoms with Gasteiger partial charge in [0.1, 0.15) is 0 Å². The summed E-state index contributed by atoms with van der Waals surface area (Å²) in [5.41, 5.74) is 0. The van der Waals surface area contributed by atoms with Gasteiger partial charge in [0.15, 0.2) is 0 Å². The van der Waals surface area contributed by atoms with Crippen LogP contribution in [-0.4, -0.2) is 18.3 Å². The zero-order valence-electron chi connectivity index (χ0n) is 11.2. The molecule has 1 aromatic heterocycles. The summed E-state index contributed by atoms with van der Waals surface area (Å²) in [6, 6.07) is 11.1. The standard InChI is InChI=1S/C15H17Br2NS2/c1-2-18-12(8-13-7-11(16)9-19-13)10-20-15-6-4-3-5-14(15)17/h3-7,9,12,18H,2,8,10H2,1H3. The van der Waals surface area contributed by atoms with Crippen LogP contribution in [0.25, 0.3) is 0 Å². The average molecular weight is 435 g/mol. The number of likely N-dealkylation sites (N-methyl/N-ethyl adjacent to an activating group) is 1. The molecule has 1 aromatic carbocycles. The molecule has 1 nitrogen and oxygen atoms in total. The lowest BCUT2D eigenvalue weighted by molar-refractivity contribution is 0.576. The van der Waals surface area contributed by atoms with Crippen LogP contribution >= 0.6 is 55.0 Å². The lowest BCUT2D eigenvalue weighted by Gasteiger charge is -2.17. The molecule has 0 aliphatic carbocycles. The maximum absolute atomic E-state index is 3.61. The number of halogens is 2.